The Balaban J connectivity index is 1.79. The van der Waals surface area contributed by atoms with Gasteiger partial charge in [-0.05, 0) is 67.4 Å². The van der Waals surface area contributed by atoms with E-state index >= 15 is 0 Å². The molecule has 0 spiro atoms. The molecule has 8 heteroatoms. The van der Waals surface area contributed by atoms with Crippen LogP contribution in [0, 0.1) is 0 Å². The molecule has 0 amide bonds. The number of aromatic nitrogens is 2. The van der Waals surface area contributed by atoms with Crippen molar-refractivity contribution in [1.29, 1.82) is 0 Å². The van der Waals surface area contributed by atoms with Crippen molar-refractivity contribution in [3.05, 3.63) is 83.4 Å². The molecule has 0 bridgehead atoms. The highest BCUT2D eigenvalue weighted by Gasteiger charge is 2.33. The minimum atomic E-state index is -0.206. The zero-order chi connectivity index (χ0) is 22.0. The Morgan fingerprint density at radius 3 is 2.58 bits per heavy atom. The Bertz CT molecular complexity index is 1140. The number of halogens is 1. The minimum Gasteiger partial charge on any atom is -0.351 e. The highest BCUT2D eigenvalue weighted by molar-refractivity contribution is 7.98. The number of nitrogens with zero attached hydrogens (tertiary/aromatic N) is 3. The highest BCUT2D eigenvalue weighted by atomic mass is 35.5. The average Bonchev–Trinajstić information content (AvgIpc) is 3.26. The summed E-state index contributed by atoms with van der Waals surface area (Å²) in [4.78, 5) is 7.87. The van der Waals surface area contributed by atoms with Crippen LogP contribution in [0.5, 0.6) is 0 Å². The van der Waals surface area contributed by atoms with Crippen LogP contribution in [0.2, 0.25) is 5.02 Å². The average molecular weight is 469 g/mol. The number of rotatable bonds is 6. The Hall–Kier alpha value is -2.61. The van der Waals surface area contributed by atoms with Crippen molar-refractivity contribution in [2.45, 2.75) is 17.9 Å². The molecule has 31 heavy (non-hydrogen) atoms. The molecule has 0 fully saturated rings. The molecule has 2 heterocycles. The van der Waals surface area contributed by atoms with Gasteiger partial charge in [0, 0.05) is 27.7 Å². The zero-order valence-corrected chi connectivity index (χ0v) is 19.5. The second kappa shape index (κ2) is 9.26. The van der Waals surface area contributed by atoms with E-state index in [4.69, 9.17) is 33.3 Å². The number of allylic oxidation sites excluding steroid dienone is 1. The van der Waals surface area contributed by atoms with Crippen molar-refractivity contribution < 1.29 is 4.52 Å². The summed E-state index contributed by atoms with van der Waals surface area (Å²) < 4.78 is 5.73. The van der Waals surface area contributed by atoms with Crippen LogP contribution in [-0.2, 0) is 0 Å². The zero-order valence-electron chi connectivity index (χ0n) is 17.1. The number of hydrogen-bond acceptors (Lipinski definition) is 5. The highest BCUT2D eigenvalue weighted by Crippen LogP contribution is 2.37. The van der Waals surface area contributed by atoms with Crippen LogP contribution in [0.25, 0.3) is 17.0 Å². The lowest BCUT2D eigenvalue weighted by molar-refractivity contribution is 0.399. The molecule has 1 aromatic heterocycles. The van der Waals surface area contributed by atoms with Gasteiger partial charge in [0.2, 0.25) is 5.82 Å². The number of thioether (sulfide) groups is 1. The number of thiocarbonyl (C=S) groups is 1. The summed E-state index contributed by atoms with van der Waals surface area (Å²) in [6.07, 6.45) is 3.87. The molecule has 1 atom stereocenters. The lowest BCUT2D eigenvalue weighted by atomic mass is 9.95. The van der Waals surface area contributed by atoms with Crippen molar-refractivity contribution in [2.75, 3.05) is 12.8 Å². The van der Waals surface area contributed by atoms with Gasteiger partial charge in [-0.15, -0.1) is 18.3 Å². The minimum absolute atomic E-state index is 0.206. The lowest BCUT2D eigenvalue weighted by Crippen LogP contribution is -2.45. The first-order valence-electron chi connectivity index (χ1n) is 9.65. The summed E-state index contributed by atoms with van der Waals surface area (Å²) in [5.41, 5.74) is 3.74. The fraction of sp³-hybridized carbons (Fsp3) is 0.174. The molecular weight excluding hydrogens is 448 g/mol. The summed E-state index contributed by atoms with van der Waals surface area (Å²) in [6, 6.07) is 15.5. The van der Waals surface area contributed by atoms with Crippen LogP contribution in [0.15, 0.2) is 76.3 Å². The Morgan fingerprint density at radius 1 is 1.23 bits per heavy atom. The first-order valence-corrected chi connectivity index (χ1v) is 11.7. The van der Waals surface area contributed by atoms with Crippen LogP contribution < -0.4 is 5.32 Å². The van der Waals surface area contributed by atoms with E-state index in [1.807, 2.05) is 30.0 Å². The molecule has 5 nitrogen and oxygen atoms in total. The molecule has 1 unspecified atom stereocenters. The fourth-order valence-electron chi connectivity index (χ4n) is 3.50. The topological polar surface area (TPSA) is 54.2 Å². The molecule has 1 aliphatic rings. The van der Waals surface area contributed by atoms with Crippen molar-refractivity contribution in [3.8, 4) is 11.4 Å². The molecule has 3 aromatic rings. The molecule has 0 radical (unpaired) electrons. The Kier molecular flexibility index (Phi) is 6.46. The van der Waals surface area contributed by atoms with Gasteiger partial charge in [-0.3, -0.25) is 0 Å². The fourth-order valence-corrected chi connectivity index (χ4v) is 4.37. The van der Waals surface area contributed by atoms with Gasteiger partial charge in [0.1, 0.15) is 0 Å². The second-order valence-corrected chi connectivity index (χ2v) is 8.69. The van der Waals surface area contributed by atoms with Crippen molar-refractivity contribution in [2.24, 2.45) is 0 Å². The lowest BCUT2D eigenvalue weighted by Gasteiger charge is -2.36. The molecular formula is C23H21ClN4OS2. The maximum Gasteiger partial charge on any atom is 0.258 e. The van der Waals surface area contributed by atoms with E-state index in [2.05, 4.69) is 47.6 Å². The second-order valence-electron chi connectivity index (χ2n) is 6.98. The predicted octanol–water partition coefficient (Wildman–Crippen LogP) is 5.96. The van der Waals surface area contributed by atoms with Gasteiger partial charge in [0.25, 0.3) is 5.89 Å². The van der Waals surface area contributed by atoms with Crippen LogP contribution in [-0.4, -0.2) is 33.0 Å². The normalized spacial score (nSPS) is 16.4. The predicted molar refractivity (Wildman–Crippen MR) is 131 cm³/mol. The van der Waals surface area contributed by atoms with Gasteiger partial charge in [-0.1, -0.05) is 35.0 Å². The van der Waals surface area contributed by atoms with E-state index < -0.39 is 0 Å². The third-order valence-electron chi connectivity index (χ3n) is 5.12. The number of hydrogen-bond donors (Lipinski definition) is 1. The van der Waals surface area contributed by atoms with Crippen molar-refractivity contribution >= 4 is 46.3 Å². The summed E-state index contributed by atoms with van der Waals surface area (Å²) >= 11 is 13.4. The third kappa shape index (κ3) is 4.39. The maximum absolute atomic E-state index is 6.01. The quantitative estimate of drug-likeness (QED) is 0.272. The maximum atomic E-state index is 6.01. The van der Waals surface area contributed by atoms with Crippen LogP contribution in [0.1, 0.15) is 24.4 Å². The Morgan fingerprint density at radius 2 is 1.94 bits per heavy atom. The molecule has 1 aliphatic heterocycles. The largest absolute Gasteiger partial charge is 0.351 e. The summed E-state index contributed by atoms with van der Waals surface area (Å²) in [6.45, 7) is 6.45. The van der Waals surface area contributed by atoms with Gasteiger partial charge in [0.05, 0.1) is 11.6 Å². The summed E-state index contributed by atoms with van der Waals surface area (Å²) in [5.74, 6) is 0.956. The van der Waals surface area contributed by atoms with E-state index in [9.17, 15) is 0 Å². The number of nitrogens with one attached hydrogen (secondary N) is 1. The first kappa shape index (κ1) is 21.6. The van der Waals surface area contributed by atoms with E-state index in [-0.39, 0.29) is 6.04 Å². The van der Waals surface area contributed by atoms with E-state index in [0.29, 0.717) is 28.4 Å². The van der Waals surface area contributed by atoms with Crippen molar-refractivity contribution in [1.82, 2.24) is 20.4 Å². The smallest absolute Gasteiger partial charge is 0.258 e. The molecule has 4 rings (SSSR count). The first-order chi connectivity index (χ1) is 15.0. The van der Waals surface area contributed by atoms with E-state index in [1.54, 1.807) is 23.9 Å². The standard InChI is InChI=1S/C23H21ClN4OS2/c1-4-13-28-14(2)19(20(25-23(28)30)15-7-11-18(31-3)12-8-15)22-26-21(27-29-22)16-5-9-17(24)10-6-16/h4-12,20H,1,13H2,2-3H3,(H,25,30). The molecule has 0 saturated heterocycles. The van der Waals surface area contributed by atoms with Gasteiger partial charge in [0.15, 0.2) is 5.11 Å². The molecule has 0 saturated carbocycles. The molecule has 1 N–H and O–H groups in total. The van der Waals surface area contributed by atoms with E-state index in [0.717, 1.165) is 22.4 Å². The number of benzene rings is 2. The molecule has 158 valence electrons. The van der Waals surface area contributed by atoms with Crippen LogP contribution in [0.3, 0.4) is 0 Å². The molecule has 0 aliphatic carbocycles. The van der Waals surface area contributed by atoms with Crippen LogP contribution in [0.4, 0.5) is 0 Å². The van der Waals surface area contributed by atoms with Crippen molar-refractivity contribution in [3.63, 3.8) is 0 Å². The van der Waals surface area contributed by atoms with Crippen LogP contribution >= 0.6 is 35.6 Å². The van der Waals surface area contributed by atoms with Gasteiger partial charge < -0.3 is 14.7 Å². The van der Waals surface area contributed by atoms with E-state index in [1.165, 1.54) is 4.90 Å². The SMILES string of the molecule is C=CCN1C(=S)NC(c2ccc(SC)cc2)C(c2nc(-c3ccc(Cl)cc3)no2)=C1C. The van der Waals surface area contributed by atoms with Gasteiger partial charge >= 0.3 is 0 Å². The molecule has 2 aromatic carbocycles. The summed E-state index contributed by atoms with van der Waals surface area (Å²) in [7, 11) is 0. The summed E-state index contributed by atoms with van der Waals surface area (Å²) in [5, 5.41) is 8.94. The monoisotopic (exact) mass is 468 g/mol. The Labute approximate surface area is 196 Å². The van der Waals surface area contributed by atoms with Gasteiger partial charge in [-0.2, -0.15) is 4.98 Å². The third-order valence-corrected chi connectivity index (χ3v) is 6.45. The van der Waals surface area contributed by atoms with Gasteiger partial charge in [-0.25, -0.2) is 0 Å².